The van der Waals surface area contributed by atoms with Crippen molar-refractivity contribution in [2.24, 2.45) is 0 Å². The van der Waals surface area contributed by atoms with E-state index in [4.69, 9.17) is 4.74 Å². The lowest BCUT2D eigenvalue weighted by Gasteiger charge is -2.18. The first-order chi connectivity index (χ1) is 8.33. The molecule has 0 unspecified atom stereocenters. The van der Waals surface area contributed by atoms with Gasteiger partial charge in [0, 0.05) is 13.1 Å². The third kappa shape index (κ3) is 5.26. The second-order valence-corrected chi connectivity index (χ2v) is 6.45. The lowest BCUT2D eigenvalue weighted by Crippen LogP contribution is -2.34. The fourth-order valence-electron chi connectivity index (χ4n) is 1.51. The van der Waals surface area contributed by atoms with E-state index in [1.54, 1.807) is 13.8 Å². The van der Waals surface area contributed by atoms with Gasteiger partial charge in [0.05, 0.1) is 21.2 Å². The van der Waals surface area contributed by atoms with Gasteiger partial charge in [0.1, 0.15) is 5.75 Å². The fraction of sp³-hybridized carbons (Fsp3) is 0.538. The number of halogens is 2. The van der Waals surface area contributed by atoms with Crippen molar-refractivity contribution in [2.45, 2.75) is 32.9 Å². The summed E-state index contributed by atoms with van der Waals surface area (Å²) in [5.41, 5.74) is 0.432. The average Bonchev–Trinajstić information content (AvgIpc) is 2.21. The second-order valence-electron chi connectivity index (χ2n) is 4.74. The van der Waals surface area contributed by atoms with Crippen LogP contribution < -0.4 is 10.1 Å². The van der Waals surface area contributed by atoms with E-state index in [1.807, 2.05) is 19.1 Å². The lowest BCUT2D eigenvalue weighted by atomic mass is 10.1. The van der Waals surface area contributed by atoms with Crippen LogP contribution in [0.5, 0.6) is 5.75 Å². The van der Waals surface area contributed by atoms with Gasteiger partial charge in [0.25, 0.3) is 0 Å². The van der Waals surface area contributed by atoms with Crippen molar-refractivity contribution in [3.05, 3.63) is 26.6 Å². The SMILES string of the molecule is CCOc1c(Br)cc(CNCC(C)(C)O)cc1Br. The summed E-state index contributed by atoms with van der Waals surface area (Å²) < 4.78 is 7.39. The van der Waals surface area contributed by atoms with E-state index in [1.165, 1.54) is 0 Å². The minimum absolute atomic E-state index is 0.551. The van der Waals surface area contributed by atoms with Crippen LogP contribution >= 0.6 is 31.9 Å². The summed E-state index contributed by atoms with van der Waals surface area (Å²) in [6.07, 6.45) is 0. The number of aliphatic hydroxyl groups is 1. The molecule has 18 heavy (non-hydrogen) atoms. The van der Waals surface area contributed by atoms with Gasteiger partial charge in [-0.05, 0) is 70.3 Å². The molecule has 3 nitrogen and oxygen atoms in total. The Kier molecular flexibility index (Phi) is 6.11. The molecule has 0 saturated heterocycles. The first-order valence-corrected chi connectivity index (χ1v) is 7.46. The van der Waals surface area contributed by atoms with E-state index >= 15 is 0 Å². The highest BCUT2D eigenvalue weighted by Crippen LogP contribution is 2.34. The molecule has 1 aromatic carbocycles. The standard InChI is InChI=1S/C13H19Br2NO2/c1-4-18-12-10(14)5-9(6-11(12)15)7-16-8-13(2,3)17/h5-6,16-17H,4,7-8H2,1-3H3. The molecule has 1 aromatic rings. The van der Waals surface area contributed by atoms with Gasteiger partial charge in [-0.3, -0.25) is 0 Å². The van der Waals surface area contributed by atoms with Crippen LogP contribution in [0.3, 0.4) is 0 Å². The highest BCUT2D eigenvalue weighted by atomic mass is 79.9. The van der Waals surface area contributed by atoms with Gasteiger partial charge in [0.2, 0.25) is 0 Å². The average molecular weight is 381 g/mol. The van der Waals surface area contributed by atoms with E-state index in [0.29, 0.717) is 19.7 Å². The Bertz CT molecular complexity index is 379. The van der Waals surface area contributed by atoms with Crippen LogP contribution in [0.1, 0.15) is 26.3 Å². The van der Waals surface area contributed by atoms with E-state index in [-0.39, 0.29) is 0 Å². The third-order valence-corrected chi connectivity index (χ3v) is 3.41. The zero-order valence-electron chi connectivity index (χ0n) is 10.9. The van der Waals surface area contributed by atoms with Crippen molar-refractivity contribution in [1.82, 2.24) is 5.32 Å². The number of hydrogen-bond acceptors (Lipinski definition) is 3. The molecule has 0 radical (unpaired) electrons. The van der Waals surface area contributed by atoms with Crippen LogP contribution in [-0.2, 0) is 6.54 Å². The van der Waals surface area contributed by atoms with E-state index in [9.17, 15) is 5.11 Å². The highest BCUT2D eigenvalue weighted by molar-refractivity contribution is 9.11. The van der Waals surface area contributed by atoms with Crippen LogP contribution in [0.2, 0.25) is 0 Å². The molecule has 0 spiro atoms. The van der Waals surface area contributed by atoms with Crippen molar-refractivity contribution in [3.63, 3.8) is 0 Å². The van der Waals surface area contributed by atoms with Crippen molar-refractivity contribution >= 4 is 31.9 Å². The van der Waals surface area contributed by atoms with Gasteiger partial charge in [-0.2, -0.15) is 0 Å². The molecule has 0 bridgehead atoms. The Labute approximate surface area is 125 Å². The minimum Gasteiger partial charge on any atom is -0.492 e. The van der Waals surface area contributed by atoms with Crippen molar-refractivity contribution in [3.8, 4) is 5.75 Å². The lowest BCUT2D eigenvalue weighted by molar-refractivity contribution is 0.0795. The maximum atomic E-state index is 9.62. The van der Waals surface area contributed by atoms with E-state index in [2.05, 4.69) is 37.2 Å². The van der Waals surface area contributed by atoms with Crippen molar-refractivity contribution in [1.29, 1.82) is 0 Å². The summed E-state index contributed by atoms with van der Waals surface area (Å²) in [5.74, 6) is 0.823. The van der Waals surface area contributed by atoms with Crippen molar-refractivity contribution < 1.29 is 9.84 Å². The molecule has 5 heteroatoms. The number of rotatable bonds is 6. The smallest absolute Gasteiger partial charge is 0.147 e. The van der Waals surface area contributed by atoms with Gasteiger partial charge in [-0.1, -0.05) is 0 Å². The summed E-state index contributed by atoms with van der Waals surface area (Å²) in [6.45, 7) is 7.41. The number of hydrogen-bond donors (Lipinski definition) is 2. The Morgan fingerprint density at radius 3 is 2.28 bits per heavy atom. The first kappa shape index (κ1) is 16.0. The van der Waals surface area contributed by atoms with Crippen LogP contribution in [0.25, 0.3) is 0 Å². The Morgan fingerprint density at radius 2 is 1.83 bits per heavy atom. The zero-order valence-corrected chi connectivity index (χ0v) is 14.1. The molecular formula is C13H19Br2NO2. The van der Waals surface area contributed by atoms with Gasteiger partial charge >= 0.3 is 0 Å². The highest BCUT2D eigenvalue weighted by Gasteiger charge is 2.12. The molecule has 0 fully saturated rings. The molecule has 0 aliphatic carbocycles. The second kappa shape index (κ2) is 6.89. The van der Waals surface area contributed by atoms with E-state index < -0.39 is 5.60 Å². The molecule has 0 amide bonds. The molecule has 2 N–H and O–H groups in total. The molecular weight excluding hydrogens is 362 g/mol. The summed E-state index contributed by atoms with van der Waals surface area (Å²) in [4.78, 5) is 0. The number of benzene rings is 1. The van der Waals surface area contributed by atoms with Gasteiger partial charge in [0.15, 0.2) is 0 Å². The first-order valence-electron chi connectivity index (χ1n) is 5.87. The molecule has 1 rings (SSSR count). The van der Waals surface area contributed by atoms with E-state index in [0.717, 1.165) is 20.3 Å². The van der Waals surface area contributed by atoms with Crippen LogP contribution in [0.4, 0.5) is 0 Å². The van der Waals surface area contributed by atoms with Crippen LogP contribution in [0.15, 0.2) is 21.1 Å². The molecule has 0 aliphatic heterocycles. The summed E-state index contributed by atoms with van der Waals surface area (Å²) in [5, 5.41) is 12.8. The predicted molar refractivity (Wildman–Crippen MR) is 81.0 cm³/mol. The Morgan fingerprint density at radius 1 is 1.28 bits per heavy atom. The monoisotopic (exact) mass is 379 g/mol. The Balaban J connectivity index is 2.68. The maximum absolute atomic E-state index is 9.62. The zero-order chi connectivity index (χ0) is 13.8. The summed E-state index contributed by atoms with van der Waals surface area (Å²) in [7, 11) is 0. The van der Waals surface area contributed by atoms with Gasteiger partial charge in [-0.15, -0.1) is 0 Å². The molecule has 0 aromatic heterocycles. The molecule has 0 aliphatic rings. The van der Waals surface area contributed by atoms with Crippen LogP contribution in [0, 0.1) is 0 Å². The Hall–Kier alpha value is -0.100. The molecule has 102 valence electrons. The quantitative estimate of drug-likeness (QED) is 0.793. The molecule has 0 atom stereocenters. The van der Waals surface area contributed by atoms with Gasteiger partial charge < -0.3 is 15.2 Å². The number of nitrogens with one attached hydrogen (secondary N) is 1. The third-order valence-electron chi connectivity index (χ3n) is 2.23. The van der Waals surface area contributed by atoms with Gasteiger partial charge in [-0.25, -0.2) is 0 Å². The minimum atomic E-state index is -0.695. The predicted octanol–water partition coefficient (Wildman–Crippen LogP) is 3.47. The normalized spacial score (nSPS) is 11.7. The summed E-state index contributed by atoms with van der Waals surface area (Å²) in [6, 6.07) is 4.04. The fourth-order valence-corrected chi connectivity index (χ4v) is 3.02. The molecule has 0 saturated carbocycles. The topological polar surface area (TPSA) is 41.5 Å². The van der Waals surface area contributed by atoms with Crippen molar-refractivity contribution in [2.75, 3.05) is 13.2 Å². The summed E-state index contributed by atoms with van der Waals surface area (Å²) >= 11 is 7.00. The molecule has 0 heterocycles. The maximum Gasteiger partial charge on any atom is 0.147 e. The number of ether oxygens (including phenoxy) is 1. The van der Waals surface area contributed by atoms with Crippen LogP contribution in [-0.4, -0.2) is 23.9 Å². The largest absolute Gasteiger partial charge is 0.492 e.